The quantitative estimate of drug-likeness (QED) is 0.206. The van der Waals surface area contributed by atoms with Crippen molar-refractivity contribution in [3.05, 3.63) is 95.1 Å². The van der Waals surface area contributed by atoms with Crippen LogP contribution in [0.3, 0.4) is 0 Å². The highest BCUT2D eigenvalue weighted by atomic mass is 32.1. The summed E-state index contributed by atoms with van der Waals surface area (Å²) in [6.07, 6.45) is 0.844. The first-order valence-electron chi connectivity index (χ1n) is 11.4. The number of rotatable bonds is 6. The molecule has 1 N–H and O–H groups in total. The molecule has 7 heteroatoms. The maximum Gasteiger partial charge on any atom is 0.301 e. The Bertz CT molecular complexity index is 1460. The topological polar surface area (TPSA) is 79.7 Å². The van der Waals surface area contributed by atoms with Crippen LogP contribution >= 0.6 is 11.3 Å². The van der Waals surface area contributed by atoms with Crippen molar-refractivity contribution < 1.29 is 19.4 Å². The molecule has 1 unspecified atom stereocenters. The van der Waals surface area contributed by atoms with Crippen LogP contribution in [-0.2, 0) is 9.59 Å². The van der Waals surface area contributed by atoms with E-state index < -0.39 is 17.7 Å². The summed E-state index contributed by atoms with van der Waals surface area (Å²) in [6.45, 7) is 4.54. The van der Waals surface area contributed by atoms with Gasteiger partial charge in [0.25, 0.3) is 5.78 Å². The van der Waals surface area contributed by atoms with Gasteiger partial charge in [-0.2, -0.15) is 0 Å². The average Bonchev–Trinajstić information content (AvgIpc) is 3.40. The predicted octanol–water partition coefficient (Wildman–Crippen LogP) is 6.02. The van der Waals surface area contributed by atoms with Gasteiger partial charge in [0.2, 0.25) is 0 Å². The fourth-order valence-corrected chi connectivity index (χ4v) is 5.30. The zero-order valence-electron chi connectivity index (χ0n) is 19.4. The summed E-state index contributed by atoms with van der Waals surface area (Å²) >= 11 is 1.35. The van der Waals surface area contributed by atoms with Gasteiger partial charge in [0.15, 0.2) is 5.13 Å². The SMILES string of the molecule is CCCOc1cccc(C(O)=C2C(=O)C(=O)N(c3nc4ccc(C)cc4s3)C2c2ccccc2)c1. The molecule has 1 aromatic heterocycles. The minimum absolute atomic E-state index is 0.0317. The first kappa shape index (κ1) is 22.8. The van der Waals surface area contributed by atoms with E-state index in [0.717, 1.165) is 22.2 Å². The molecule has 3 aromatic carbocycles. The molecule has 0 spiro atoms. The number of aromatic nitrogens is 1. The van der Waals surface area contributed by atoms with Crippen LogP contribution in [0.4, 0.5) is 5.13 Å². The van der Waals surface area contributed by atoms with Gasteiger partial charge in [0.1, 0.15) is 11.5 Å². The zero-order chi connectivity index (χ0) is 24.5. The first-order valence-corrected chi connectivity index (χ1v) is 12.3. The van der Waals surface area contributed by atoms with E-state index in [1.165, 1.54) is 16.2 Å². The lowest BCUT2D eigenvalue weighted by Gasteiger charge is -2.23. The number of nitrogens with zero attached hydrogens (tertiary/aromatic N) is 2. The molecule has 5 rings (SSSR count). The van der Waals surface area contributed by atoms with Crippen LogP contribution < -0.4 is 9.64 Å². The minimum Gasteiger partial charge on any atom is -0.507 e. The Labute approximate surface area is 207 Å². The third-order valence-electron chi connectivity index (χ3n) is 5.88. The lowest BCUT2D eigenvalue weighted by atomic mass is 9.95. The summed E-state index contributed by atoms with van der Waals surface area (Å²) in [6, 6.07) is 21.2. The third-order valence-corrected chi connectivity index (χ3v) is 6.90. The van der Waals surface area contributed by atoms with Crippen molar-refractivity contribution in [2.75, 3.05) is 11.5 Å². The summed E-state index contributed by atoms with van der Waals surface area (Å²) in [5, 5.41) is 11.8. The van der Waals surface area contributed by atoms with Crippen LogP contribution in [0.25, 0.3) is 16.0 Å². The second kappa shape index (κ2) is 9.35. The van der Waals surface area contributed by atoms with Crippen molar-refractivity contribution in [1.82, 2.24) is 4.98 Å². The second-order valence-electron chi connectivity index (χ2n) is 8.42. The van der Waals surface area contributed by atoms with Crippen molar-refractivity contribution in [2.45, 2.75) is 26.3 Å². The Morgan fingerprint density at radius 3 is 2.63 bits per heavy atom. The molecular weight excluding hydrogens is 460 g/mol. The van der Waals surface area contributed by atoms with Gasteiger partial charge in [-0.15, -0.1) is 0 Å². The number of thiazole rings is 1. The van der Waals surface area contributed by atoms with Crippen LogP contribution in [0.15, 0.2) is 78.4 Å². The molecule has 1 amide bonds. The molecule has 6 nitrogen and oxygen atoms in total. The van der Waals surface area contributed by atoms with Gasteiger partial charge in [0.05, 0.1) is 28.4 Å². The molecule has 35 heavy (non-hydrogen) atoms. The zero-order valence-corrected chi connectivity index (χ0v) is 20.2. The summed E-state index contributed by atoms with van der Waals surface area (Å²) in [7, 11) is 0. The Morgan fingerprint density at radius 1 is 1.06 bits per heavy atom. The lowest BCUT2D eigenvalue weighted by Crippen LogP contribution is -2.29. The molecule has 1 atom stereocenters. The van der Waals surface area contributed by atoms with E-state index >= 15 is 0 Å². The summed E-state index contributed by atoms with van der Waals surface area (Å²) < 4.78 is 6.62. The Hall–Kier alpha value is -3.97. The van der Waals surface area contributed by atoms with E-state index in [1.807, 2.05) is 62.4 Å². The van der Waals surface area contributed by atoms with E-state index in [1.54, 1.807) is 24.3 Å². The molecule has 176 valence electrons. The van der Waals surface area contributed by atoms with E-state index in [2.05, 4.69) is 4.98 Å². The number of ether oxygens (including phenoxy) is 1. The smallest absolute Gasteiger partial charge is 0.301 e. The number of benzene rings is 3. The maximum absolute atomic E-state index is 13.4. The highest BCUT2D eigenvalue weighted by molar-refractivity contribution is 7.22. The predicted molar refractivity (Wildman–Crippen MR) is 138 cm³/mol. The number of aliphatic hydroxyl groups excluding tert-OH is 1. The normalized spacial score (nSPS) is 17.3. The number of aryl methyl sites for hydroxylation is 1. The van der Waals surface area contributed by atoms with Crippen LogP contribution in [0.5, 0.6) is 5.75 Å². The number of hydrogen-bond donors (Lipinski definition) is 1. The molecule has 0 radical (unpaired) electrons. The monoisotopic (exact) mass is 484 g/mol. The summed E-state index contributed by atoms with van der Waals surface area (Å²) in [4.78, 5) is 32.8. The minimum atomic E-state index is -0.807. The number of ketones is 1. The fraction of sp³-hybridized carbons (Fsp3) is 0.179. The highest BCUT2D eigenvalue weighted by Gasteiger charge is 2.48. The van der Waals surface area contributed by atoms with Gasteiger partial charge in [-0.25, -0.2) is 4.98 Å². The van der Waals surface area contributed by atoms with Gasteiger partial charge in [-0.1, -0.05) is 66.8 Å². The van der Waals surface area contributed by atoms with Gasteiger partial charge in [-0.05, 0) is 48.7 Å². The first-order chi connectivity index (χ1) is 17.0. The standard InChI is InChI=1S/C28H24N2O4S/c1-3-14-34-20-11-7-10-19(16-20)25(31)23-24(18-8-5-4-6-9-18)30(27(33)26(23)32)28-29-21-13-12-17(2)15-22(21)35-28/h4-13,15-16,24,31H,3,14H2,1-2H3. The Morgan fingerprint density at radius 2 is 1.86 bits per heavy atom. The van der Waals surface area contributed by atoms with Crippen LogP contribution in [0.1, 0.15) is 36.1 Å². The third kappa shape index (κ3) is 4.19. The largest absolute Gasteiger partial charge is 0.507 e. The molecule has 0 aliphatic carbocycles. The maximum atomic E-state index is 13.4. The van der Waals surface area contributed by atoms with Crippen molar-refractivity contribution >= 4 is 44.1 Å². The number of hydrogen-bond acceptors (Lipinski definition) is 6. The number of fused-ring (bicyclic) bond motifs is 1. The average molecular weight is 485 g/mol. The molecule has 1 saturated heterocycles. The Kier molecular flexibility index (Phi) is 6.09. The van der Waals surface area contributed by atoms with Gasteiger partial charge < -0.3 is 9.84 Å². The number of carbonyl (C=O) groups is 2. The molecule has 0 bridgehead atoms. The number of anilines is 1. The van der Waals surface area contributed by atoms with E-state index in [-0.39, 0.29) is 11.3 Å². The van der Waals surface area contributed by atoms with Crippen LogP contribution in [-0.4, -0.2) is 28.4 Å². The highest BCUT2D eigenvalue weighted by Crippen LogP contribution is 2.44. The van der Waals surface area contributed by atoms with Crippen molar-refractivity contribution in [2.24, 2.45) is 0 Å². The van der Waals surface area contributed by atoms with Crippen LogP contribution in [0.2, 0.25) is 0 Å². The summed E-state index contributed by atoms with van der Waals surface area (Å²) in [5.74, 6) is -1.11. The number of aliphatic hydroxyl groups is 1. The van der Waals surface area contributed by atoms with Gasteiger partial charge >= 0.3 is 5.91 Å². The molecule has 0 saturated carbocycles. The molecule has 1 fully saturated rings. The molecule has 4 aromatic rings. The van der Waals surface area contributed by atoms with E-state index in [4.69, 9.17) is 4.74 Å². The molecule has 1 aliphatic rings. The molecular formula is C28H24N2O4S. The second-order valence-corrected chi connectivity index (χ2v) is 9.43. The van der Waals surface area contributed by atoms with Gasteiger partial charge in [-0.3, -0.25) is 14.5 Å². The molecule has 2 heterocycles. The number of amides is 1. The number of Topliss-reactive ketones (excluding diaryl/α,β-unsaturated/α-hetero) is 1. The van der Waals surface area contributed by atoms with Crippen LogP contribution in [0, 0.1) is 6.92 Å². The Balaban J connectivity index is 1.67. The lowest BCUT2D eigenvalue weighted by molar-refractivity contribution is -0.132. The number of carbonyl (C=O) groups excluding carboxylic acids is 2. The van der Waals surface area contributed by atoms with E-state index in [9.17, 15) is 14.7 Å². The summed E-state index contributed by atoms with van der Waals surface area (Å²) in [5.41, 5.74) is 2.99. The molecule has 1 aliphatic heterocycles. The van der Waals surface area contributed by atoms with E-state index in [0.29, 0.717) is 28.6 Å². The van der Waals surface area contributed by atoms with Gasteiger partial charge in [0, 0.05) is 5.56 Å². The van der Waals surface area contributed by atoms with Crippen molar-refractivity contribution in [3.8, 4) is 5.75 Å². The van der Waals surface area contributed by atoms with Crippen molar-refractivity contribution in [1.29, 1.82) is 0 Å². The van der Waals surface area contributed by atoms with Crippen molar-refractivity contribution in [3.63, 3.8) is 0 Å². The fourth-order valence-electron chi connectivity index (χ4n) is 4.21.